The lowest BCUT2D eigenvalue weighted by molar-refractivity contribution is -0.145. The van der Waals surface area contributed by atoms with Crippen molar-refractivity contribution in [3.63, 3.8) is 0 Å². The first kappa shape index (κ1) is 19.2. The third-order valence-corrected chi connectivity index (χ3v) is 4.87. The number of hydrogen-bond acceptors (Lipinski definition) is 5. The molecule has 0 unspecified atom stereocenters. The zero-order valence-corrected chi connectivity index (χ0v) is 15.1. The average molecular weight is 346 g/mol. The molecule has 2 rings (SSSR count). The van der Waals surface area contributed by atoms with Crippen LogP contribution in [0.3, 0.4) is 0 Å². The molecule has 0 bridgehead atoms. The number of carbonyl (C=O) groups is 2. The SMILES string of the molecule is C=C1C(=O)O[C@H]2CC(=C)[C@H](O)CC/C(C)=C\[C@@H](OC(=O)/C(C)=C\C)[C@H]12. The zero-order valence-electron chi connectivity index (χ0n) is 15.1. The van der Waals surface area contributed by atoms with Crippen LogP contribution in [-0.4, -0.2) is 35.4 Å². The molecule has 136 valence electrons. The summed E-state index contributed by atoms with van der Waals surface area (Å²) in [6.45, 7) is 13.1. The fraction of sp³-hybridized carbons (Fsp3) is 0.500. The van der Waals surface area contributed by atoms with Crippen molar-refractivity contribution in [1.29, 1.82) is 0 Å². The van der Waals surface area contributed by atoms with Crippen molar-refractivity contribution < 1.29 is 24.2 Å². The van der Waals surface area contributed by atoms with E-state index in [9.17, 15) is 14.7 Å². The van der Waals surface area contributed by atoms with Crippen molar-refractivity contribution in [2.75, 3.05) is 0 Å². The summed E-state index contributed by atoms with van der Waals surface area (Å²) in [6, 6.07) is 0. The van der Waals surface area contributed by atoms with Crippen LogP contribution in [-0.2, 0) is 19.1 Å². The molecule has 0 radical (unpaired) electrons. The molecule has 0 amide bonds. The molecule has 0 aromatic carbocycles. The first-order valence-corrected chi connectivity index (χ1v) is 8.51. The highest BCUT2D eigenvalue weighted by molar-refractivity contribution is 5.91. The Kier molecular flexibility index (Phi) is 6.01. The molecule has 1 heterocycles. The number of carbonyl (C=O) groups excluding carboxylic acids is 2. The van der Waals surface area contributed by atoms with Gasteiger partial charge in [0.1, 0.15) is 12.2 Å². The Balaban J connectivity index is 2.40. The van der Waals surface area contributed by atoms with E-state index >= 15 is 0 Å². The number of aliphatic hydroxyl groups excluding tert-OH is 1. The van der Waals surface area contributed by atoms with Crippen LogP contribution in [0.2, 0.25) is 0 Å². The van der Waals surface area contributed by atoms with Crippen LogP contribution >= 0.6 is 0 Å². The molecule has 1 saturated heterocycles. The Morgan fingerprint density at radius 2 is 2.12 bits per heavy atom. The number of fused-ring (bicyclic) bond motifs is 1. The van der Waals surface area contributed by atoms with Crippen LogP contribution in [0.1, 0.15) is 40.0 Å². The molecule has 25 heavy (non-hydrogen) atoms. The summed E-state index contributed by atoms with van der Waals surface area (Å²) < 4.78 is 11.1. The van der Waals surface area contributed by atoms with Gasteiger partial charge in [-0.1, -0.05) is 24.8 Å². The fourth-order valence-electron chi connectivity index (χ4n) is 3.10. The van der Waals surface area contributed by atoms with Gasteiger partial charge in [0.25, 0.3) is 0 Å². The maximum atomic E-state index is 12.3. The summed E-state index contributed by atoms with van der Waals surface area (Å²) in [6.07, 6.45) is 3.17. The molecule has 1 aliphatic carbocycles. The molecule has 0 aromatic rings. The fourth-order valence-corrected chi connectivity index (χ4v) is 3.10. The zero-order chi connectivity index (χ0) is 18.7. The number of hydrogen-bond donors (Lipinski definition) is 1. The summed E-state index contributed by atoms with van der Waals surface area (Å²) in [5.41, 5.74) is 2.36. The minimum Gasteiger partial charge on any atom is -0.458 e. The van der Waals surface area contributed by atoms with Crippen LogP contribution in [0.15, 0.2) is 47.6 Å². The van der Waals surface area contributed by atoms with Gasteiger partial charge >= 0.3 is 11.9 Å². The smallest absolute Gasteiger partial charge is 0.334 e. The van der Waals surface area contributed by atoms with E-state index in [0.717, 1.165) is 5.57 Å². The molecule has 0 spiro atoms. The predicted molar refractivity (Wildman–Crippen MR) is 94.6 cm³/mol. The van der Waals surface area contributed by atoms with Crippen LogP contribution in [0.25, 0.3) is 0 Å². The van der Waals surface area contributed by atoms with Crippen molar-refractivity contribution in [3.8, 4) is 0 Å². The molecule has 1 fully saturated rings. The average Bonchev–Trinajstić information content (AvgIpc) is 2.84. The van der Waals surface area contributed by atoms with Crippen molar-refractivity contribution in [2.45, 2.75) is 58.3 Å². The molecular weight excluding hydrogens is 320 g/mol. The van der Waals surface area contributed by atoms with Crippen LogP contribution in [0.5, 0.6) is 0 Å². The van der Waals surface area contributed by atoms with Crippen molar-refractivity contribution in [3.05, 3.63) is 47.6 Å². The van der Waals surface area contributed by atoms with Gasteiger partial charge in [-0.15, -0.1) is 0 Å². The van der Waals surface area contributed by atoms with E-state index in [-0.39, 0.29) is 5.57 Å². The second-order valence-corrected chi connectivity index (χ2v) is 6.77. The predicted octanol–water partition coefficient (Wildman–Crippen LogP) is 3.01. The van der Waals surface area contributed by atoms with Gasteiger partial charge < -0.3 is 14.6 Å². The normalized spacial score (nSPS) is 33.2. The number of ether oxygens (including phenoxy) is 2. The van der Waals surface area contributed by atoms with Gasteiger partial charge in [-0.25, -0.2) is 9.59 Å². The highest BCUT2D eigenvalue weighted by atomic mass is 16.6. The van der Waals surface area contributed by atoms with Crippen LogP contribution in [0, 0.1) is 5.92 Å². The first-order chi connectivity index (χ1) is 11.7. The van der Waals surface area contributed by atoms with Gasteiger partial charge in [-0.3, -0.25) is 0 Å². The lowest BCUT2D eigenvalue weighted by atomic mass is 9.84. The number of rotatable bonds is 2. The standard InChI is InChI=1S/C20H26O5/c1-6-12(3)19(22)24-16-9-11(2)7-8-15(21)13(4)10-17-18(16)14(5)20(23)25-17/h6,9,15-18,21H,4-5,7-8,10H2,1-3H3/b11-9-,12-6-/t15-,16-,17+,18+/m1/s1. The Morgan fingerprint density at radius 3 is 2.76 bits per heavy atom. The Hall–Kier alpha value is -2.14. The maximum absolute atomic E-state index is 12.3. The molecule has 5 nitrogen and oxygen atoms in total. The van der Waals surface area contributed by atoms with Gasteiger partial charge in [0.15, 0.2) is 0 Å². The Labute approximate surface area is 148 Å². The number of allylic oxidation sites excluding steroid dienone is 2. The summed E-state index contributed by atoms with van der Waals surface area (Å²) >= 11 is 0. The molecular formula is C20H26O5. The Morgan fingerprint density at radius 1 is 1.44 bits per heavy atom. The molecule has 5 heteroatoms. The second-order valence-electron chi connectivity index (χ2n) is 6.77. The van der Waals surface area contributed by atoms with E-state index in [1.807, 2.05) is 13.0 Å². The first-order valence-electron chi connectivity index (χ1n) is 8.51. The van der Waals surface area contributed by atoms with Gasteiger partial charge in [-0.05, 0) is 45.3 Å². The maximum Gasteiger partial charge on any atom is 0.334 e. The molecule has 4 atom stereocenters. The topological polar surface area (TPSA) is 72.8 Å². The third kappa shape index (κ3) is 4.28. The molecule has 1 N–H and O–H groups in total. The number of esters is 2. The molecule has 0 saturated carbocycles. The monoisotopic (exact) mass is 346 g/mol. The van der Waals surface area contributed by atoms with Crippen molar-refractivity contribution in [2.24, 2.45) is 5.92 Å². The van der Waals surface area contributed by atoms with E-state index in [0.29, 0.717) is 30.4 Å². The van der Waals surface area contributed by atoms with Gasteiger partial charge in [0.2, 0.25) is 0 Å². The quantitative estimate of drug-likeness (QED) is 0.473. The molecule has 1 aliphatic heterocycles. The Bertz CT molecular complexity index is 655. The minimum atomic E-state index is -0.652. The van der Waals surface area contributed by atoms with Gasteiger partial charge in [0, 0.05) is 17.6 Å². The molecule has 0 aromatic heterocycles. The molecule has 2 aliphatic rings. The summed E-state index contributed by atoms with van der Waals surface area (Å²) in [5, 5.41) is 10.2. The second kappa shape index (κ2) is 7.83. The van der Waals surface area contributed by atoms with Crippen molar-refractivity contribution >= 4 is 11.9 Å². The summed E-state index contributed by atoms with van der Waals surface area (Å²) in [4.78, 5) is 24.3. The van der Waals surface area contributed by atoms with Crippen molar-refractivity contribution in [1.82, 2.24) is 0 Å². The summed E-state index contributed by atoms with van der Waals surface area (Å²) in [5.74, 6) is -1.41. The minimum absolute atomic E-state index is 0.285. The number of aliphatic hydroxyl groups is 1. The lowest BCUT2D eigenvalue weighted by Crippen LogP contribution is -2.34. The largest absolute Gasteiger partial charge is 0.458 e. The van der Waals surface area contributed by atoms with E-state index in [2.05, 4.69) is 13.2 Å². The van der Waals surface area contributed by atoms with Crippen LogP contribution < -0.4 is 0 Å². The van der Waals surface area contributed by atoms with Gasteiger partial charge in [-0.2, -0.15) is 0 Å². The van der Waals surface area contributed by atoms with E-state index in [1.54, 1.807) is 19.9 Å². The van der Waals surface area contributed by atoms with Crippen LogP contribution in [0.4, 0.5) is 0 Å². The summed E-state index contributed by atoms with van der Waals surface area (Å²) in [7, 11) is 0. The van der Waals surface area contributed by atoms with E-state index < -0.39 is 36.2 Å². The highest BCUT2D eigenvalue weighted by Crippen LogP contribution is 2.37. The third-order valence-electron chi connectivity index (χ3n) is 4.87. The van der Waals surface area contributed by atoms with E-state index in [1.165, 1.54) is 0 Å². The van der Waals surface area contributed by atoms with Gasteiger partial charge in [0.05, 0.1) is 12.0 Å². The highest BCUT2D eigenvalue weighted by Gasteiger charge is 2.45. The lowest BCUT2D eigenvalue weighted by Gasteiger charge is -2.28. The van der Waals surface area contributed by atoms with E-state index in [4.69, 9.17) is 9.47 Å².